The first-order valence-corrected chi connectivity index (χ1v) is 8.81. The van der Waals surface area contributed by atoms with Gasteiger partial charge in [-0.1, -0.05) is 6.07 Å². The molecule has 3 aromatic rings. The maximum absolute atomic E-state index is 12.9. The fraction of sp³-hybridized carbons (Fsp3) is 0.235. The fourth-order valence-electron chi connectivity index (χ4n) is 2.49. The van der Waals surface area contributed by atoms with Crippen LogP contribution in [0.3, 0.4) is 0 Å². The standard InChI is InChI=1S/C17H18N2O4S/c1-11-5-6-13(9-12(11)2)19(4)24(21,22)14-7-8-15-16(10-14)23-17(20)18(15)3/h5-10H,1-4H3. The van der Waals surface area contributed by atoms with Gasteiger partial charge in [-0.05, 0) is 49.2 Å². The summed E-state index contributed by atoms with van der Waals surface area (Å²) in [6.07, 6.45) is 0. The van der Waals surface area contributed by atoms with E-state index in [2.05, 4.69) is 0 Å². The molecule has 0 spiro atoms. The Morgan fingerprint density at radius 1 is 1.04 bits per heavy atom. The normalized spacial score (nSPS) is 11.8. The van der Waals surface area contributed by atoms with Crippen LogP contribution >= 0.6 is 0 Å². The molecule has 0 aliphatic carbocycles. The highest BCUT2D eigenvalue weighted by atomic mass is 32.2. The molecule has 2 aromatic carbocycles. The van der Waals surface area contributed by atoms with Crippen molar-refractivity contribution in [1.82, 2.24) is 4.57 Å². The van der Waals surface area contributed by atoms with E-state index in [0.717, 1.165) is 11.1 Å². The molecular weight excluding hydrogens is 328 g/mol. The monoisotopic (exact) mass is 346 g/mol. The summed E-state index contributed by atoms with van der Waals surface area (Å²) in [5, 5.41) is 0. The number of nitrogens with zero attached hydrogens (tertiary/aromatic N) is 2. The molecule has 0 bridgehead atoms. The minimum atomic E-state index is -3.75. The molecule has 0 saturated carbocycles. The molecule has 6 nitrogen and oxygen atoms in total. The highest BCUT2D eigenvalue weighted by Gasteiger charge is 2.23. The second kappa shape index (κ2) is 5.52. The molecule has 7 heteroatoms. The van der Waals surface area contributed by atoms with Crippen LogP contribution in [0.15, 0.2) is 50.5 Å². The van der Waals surface area contributed by atoms with E-state index < -0.39 is 15.8 Å². The van der Waals surface area contributed by atoms with Gasteiger partial charge in [-0.3, -0.25) is 8.87 Å². The Kier molecular flexibility index (Phi) is 3.76. The largest absolute Gasteiger partial charge is 0.419 e. The van der Waals surface area contributed by atoms with Crippen LogP contribution < -0.4 is 10.1 Å². The van der Waals surface area contributed by atoms with Crippen molar-refractivity contribution in [2.24, 2.45) is 7.05 Å². The fourth-order valence-corrected chi connectivity index (χ4v) is 3.70. The van der Waals surface area contributed by atoms with Crippen LogP contribution in [0.4, 0.5) is 5.69 Å². The number of rotatable bonds is 3. The molecule has 0 atom stereocenters. The summed E-state index contributed by atoms with van der Waals surface area (Å²) in [5.74, 6) is -0.526. The SMILES string of the molecule is Cc1ccc(N(C)S(=O)(=O)c2ccc3c(c2)oc(=O)n3C)cc1C. The molecule has 3 rings (SSSR count). The Bertz CT molecular complexity index is 1090. The van der Waals surface area contributed by atoms with Gasteiger partial charge < -0.3 is 4.42 Å². The molecule has 0 aliphatic rings. The van der Waals surface area contributed by atoms with Gasteiger partial charge in [0, 0.05) is 20.2 Å². The maximum atomic E-state index is 12.9. The molecule has 24 heavy (non-hydrogen) atoms. The van der Waals surface area contributed by atoms with Crippen molar-refractivity contribution in [2.45, 2.75) is 18.7 Å². The van der Waals surface area contributed by atoms with Crippen LogP contribution in [-0.4, -0.2) is 20.0 Å². The summed E-state index contributed by atoms with van der Waals surface area (Å²) in [4.78, 5) is 11.6. The van der Waals surface area contributed by atoms with E-state index in [1.165, 1.54) is 28.1 Å². The van der Waals surface area contributed by atoms with Crippen LogP contribution in [-0.2, 0) is 17.1 Å². The van der Waals surface area contributed by atoms with Crippen molar-refractivity contribution in [3.05, 3.63) is 58.1 Å². The lowest BCUT2D eigenvalue weighted by Crippen LogP contribution is -2.26. The van der Waals surface area contributed by atoms with E-state index in [4.69, 9.17) is 4.42 Å². The van der Waals surface area contributed by atoms with E-state index in [0.29, 0.717) is 11.2 Å². The number of hydrogen-bond donors (Lipinski definition) is 0. The highest BCUT2D eigenvalue weighted by Crippen LogP contribution is 2.26. The zero-order valence-corrected chi connectivity index (χ0v) is 14.7. The Balaban J connectivity index is 2.09. The van der Waals surface area contributed by atoms with Crippen molar-refractivity contribution in [3.8, 4) is 0 Å². The smallest absolute Gasteiger partial charge is 0.408 e. The lowest BCUT2D eigenvalue weighted by atomic mass is 10.1. The van der Waals surface area contributed by atoms with E-state index in [-0.39, 0.29) is 10.5 Å². The van der Waals surface area contributed by atoms with Gasteiger partial charge in [0.15, 0.2) is 5.58 Å². The van der Waals surface area contributed by atoms with Gasteiger partial charge in [-0.2, -0.15) is 0 Å². The Morgan fingerprint density at radius 3 is 2.42 bits per heavy atom. The van der Waals surface area contributed by atoms with Crippen LogP contribution in [0, 0.1) is 13.8 Å². The van der Waals surface area contributed by atoms with Crippen molar-refractivity contribution >= 4 is 26.8 Å². The number of benzene rings is 2. The number of fused-ring (bicyclic) bond motifs is 1. The van der Waals surface area contributed by atoms with Gasteiger partial charge >= 0.3 is 5.76 Å². The summed E-state index contributed by atoms with van der Waals surface area (Å²) in [5.41, 5.74) is 3.48. The molecule has 0 fully saturated rings. The summed E-state index contributed by atoms with van der Waals surface area (Å²) >= 11 is 0. The molecule has 1 heterocycles. The molecule has 0 aliphatic heterocycles. The van der Waals surface area contributed by atoms with Crippen LogP contribution in [0.1, 0.15) is 11.1 Å². The predicted octanol–water partition coefficient (Wildman–Crippen LogP) is 2.57. The van der Waals surface area contributed by atoms with Crippen molar-refractivity contribution < 1.29 is 12.8 Å². The molecule has 0 unspecified atom stereocenters. The van der Waals surface area contributed by atoms with Crippen molar-refractivity contribution in [3.63, 3.8) is 0 Å². The summed E-state index contributed by atoms with van der Waals surface area (Å²) in [6, 6.07) is 9.90. The molecule has 0 N–H and O–H groups in total. The van der Waals surface area contributed by atoms with Gasteiger partial charge in [0.05, 0.1) is 16.1 Å². The number of aryl methyl sites for hydroxylation is 3. The summed E-state index contributed by atoms with van der Waals surface area (Å²) < 4.78 is 33.4. The summed E-state index contributed by atoms with van der Waals surface area (Å²) in [6.45, 7) is 3.91. The van der Waals surface area contributed by atoms with E-state index in [1.54, 1.807) is 19.2 Å². The number of sulfonamides is 1. The minimum Gasteiger partial charge on any atom is -0.408 e. The molecule has 1 aromatic heterocycles. The molecule has 126 valence electrons. The van der Waals surface area contributed by atoms with E-state index in [9.17, 15) is 13.2 Å². The number of hydrogen-bond acceptors (Lipinski definition) is 4. The van der Waals surface area contributed by atoms with Gasteiger partial charge in [-0.15, -0.1) is 0 Å². The third-order valence-corrected chi connectivity index (χ3v) is 6.06. The maximum Gasteiger partial charge on any atom is 0.419 e. The number of oxazole rings is 1. The number of anilines is 1. The lowest BCUT2D eigenvalue weighted by Gasteiger charge is -2.20. The first-order chi connectivity index (χ1) is 11.2. The predicted molar refractivity (Wildman–Crippen MR) is 93.0 cm³/mol. The van der Waals surface area contributed by atoms with E-state index >= 15 is 0 Å². The average Bonchev–Trinajstić information content (AvgIpc) is 2.83. The average molecular weight is 346 g/mol. The second-order valence-corrected chi connectivity index (χ2v) is 7.77. The topological polar surface area (TPSA) is 72.5 Å². The van der Waals surface area contributed by atoms with Crippen LogP contribution in [0.2, 0.25) is 0 Å². The van der Waals surface area contributed by atoms with Crippen LogP contribution in [0.5, 0.6) is 0 Å². The Hall–Kier alpha value is -2.54. The van der Waals surface area contributed by atoms with E-state index in [1.807, 2.05) is 26.0 Å². The first kappa shape index (κ1) is 16.3. The zero-order valence-electron chi connectivity index (χ0n) is 13.9. The van der Waals surface area contributed by atoms with Gasteiger partial charge in [-0.25, -0.2) is 13.2 Å². The zero-order chi connectivity index (χ0) is 17.6. The first-order valence-electron chi connectivity index (χ1n) is 7.37. The number of aromatic nitrogens is 1. The second-order valence-electron chi connectivity index (χ2n) is 5.80. The van der Waals surface area contributed by atoms with Crippen molar-refractivity contribution in [2.75, 3.05) is 11.4 Å². The molecule has 0 radical (unpaired) electrons. The van der Waals surface area contributed by atoms with Gasteiger partial charge in [0.1, 0.15) is 0 Å². The molecule has 0 saturated heterocycles. The molecular formula is C17H18N2O4S. The Labute approximate surface area is 140 Å². The van der Waals surface area contributed by atoms with Gasteiger partial charge in [0.2, 0.25) is 0 Å². The van der Waals surface area contributed by atoms with Crippen molar-refractivity contribution in [1.29, 1.82) is 0 Å². The minimum absolute atomic E-state index is 0.0741. The summed E-state index contributed by atoms with van der Waals surface area (Å²) in [7, 11) is -0.677. The Morgan fingerprint density at radius 2 is 1.75 bits per heavy atom. The quantitative estimate of drug-likeness (QED) is 0.731. The third-order valence-electron chi connectivity index (χ3n) is 4.28. The van der Waals surface area contributed by atoms with Gasteiger partial charge in [0.25, 0.3) is 10.0 Å². The lowest BCUT2D eigenvalue weighted by molar-refractivity contribution is 0.527. The molecule has 0 amide bonds. The third kappa shape index (κ3) is 2.50. The highest BCUT2D eigenvalue weighted by molar-refractivity contribution is 7.92. The van der Waals surface area contributed by atoms with Crippen LogP contribution in [0.25, 0.3) is 11.1 Å².